The number of hydrogen-bond acceptors (Lipinski definition) is 3. The minimum absolute atomic E-state index is 0.111. The molecule has 0 spiro atoms. The first-order valence-corrected chi connectivity index (χ1v) is 8.33. The average Bonchev–Trinajstić information content (AvgIpc) is 3.40. The van der Waals surface area contributed by atoms with Gasteiger partial charge in [0.15, 0.2) is 5.78 Å². The van der Waals surface area contributed by atoms with E-state index in [0.29, 0.717) is 5.75 Å². The Balaban J connectivity index is 1.52. The van der Waals surface area contributed by atoms with Crippen LogP contribution in [0.3, 0.4) is 0 Å². The molecular weight excluding hydrogens is 294 g/mol. The Morgan fingerprint density at radius 1 is 1.00 bits per heavy atom. The van der Waals surface area contributed by atoms with Crippen molar-refractivity contribution < 1.29 is 9.59 Å². The first kappa shape index (κ1) is 14.9. The molecule has 3 rings (SSSR count). The first-order chi connectivity index (χ1) is 10.7. The van der Waals surface area contributed by atoms with Gasteiger partial charge in [-0.15, -0.1) is 11.8 Å². The molecule has 22 heavy (non-hydrogen) atoms. The zero-order valence-electron chi connectivity index (χ0n) is 12.1. The van der Waals surface area contributed by atoms with Gasteiger partial charge >= 0.3 is 0 Å². The number of rotatable bonds is 6. The number of Topliss-reactive ketones (excluding diaryl/α,β-unsaturated/α-hetero) is 1. The van der Waals surface area contributed by atoms with Crippen molar-refractivity contribution in [1.82, 2.24) is 0 Å². The first-order valence-electron chi connectivity index (χ1n) is 7.34. The third kappa shape index (κ3) is 3.98. The SMILES string of the molecule is O=C(CSc1ccc(NC(=O)C2CC2)cc1)c1ccccc1. The van der Waals surface area contributed by atoms with Gasteiger partial charge in [-0.2, -0.15) is 0 Å². The second-order valence-electron chi connectivity index (χ2n) is 5.37. The molecule has 0 bridgehead atoms. The lowest BCUT2D eigenvalue weighted by molar-refractivity contribution is -0.117. The second kappa shape index (κ2) is 6.79. The number of anilines is 1. The van der Waals surface area contributed by atoms with Crippen LogP contribution in [-0.2, 0) is 4.79 Å². The predicted molar refractivity (Wildman–Crippen MR) is 89.3 cm³/mol. The van der Waals surface area contributed by atoms with Crippen molar-refractivity contribution in [3.8, 4) is 0 Å². The molecule has 1 N–H and O–H groups in total. The van der Waals surface area contributed by atoms with E-state index in [1.807, 2.05) is 54.6 Å². The van der Waals surface area contributed by atoms with Crippen LogP contribution in [0.4, 0.5) is 5.69 Å². The molecule has 1 amide bonds. The van der Waals surface area contributed by atoms with Gasteiger partial charge in [0.25, 0.3) is 0 Å². The van der Waals surface area contributed by atoms with Crippen LogP contribution in [0, 0.1) is 5.92 Å². The van der Waals surface area contributed by atoms with Crippen LogP contribution in [0.25, 0.3) is 0 Å². The fraction of sp³-hybridized carbons (Fsp3) is 0.222. The summed E-state index contributed by atoms with van der Waals surface area (Å²) >= 11 is 1.51. The average molecular weight is 311 g/mol. The van der Waals surface area contributed by atoms with Crippen molar-refractivity contribution in [2.45, 2.75) is 17.7 Å². The van der Waals surface area contributed by atoms with Crippen LogP contribution in [0.5, 0.6) is 0 Å². The number of thioether (sulfide) groups is 1. The molecule has 0 saturated heterocycles. The molecule has 1 fully saturated rings. The summed E-state index contributed by atoms with van der Waals surface area (Å²) in [5.74, 6) is 0.853. The summed E-state index contributed by atoms with van der Waals surface area (Å²) in [7, 11) is 0. The van der Waals surface area contributed by atoms with Gasteiger partial charge in [-0.1, -0.05) is 30.3 Å². The molecule has 0 heterocycles. The Bertz CT molecular complexity index is 663. The zero-order valence-corrected chi connectivity index (χ0v) is 12.9. The third-order valence-electron chi connectivity index (χ3n) is 3.54. The summed E-state index contributed by atoms with van der Waals surface area (Å²) in [6, 6.07) is 16.9. The molecule has 0 radical (unpaired) electrons. The topological polar surface area (TPSA) is 46.2 Å². The maximum Gasteiger partial charge on any atom is 0.227 e. The lowest BCUT2D eigenvalue weighted by Gasteiger charge is -2.06. The van der Waals surface area contributed by atoms with Crippen LogP contribution in [-0.4, -0.2) is 17.4 Å². The molecule has 1 aliphatic carbocycles. The summed E-state index contributed by atoms with van der Waals surface area (Å²) in [4.78, 5) is 24.7. The number of hydrogen-bond donors (Lipinski definition) is 1. The summed E-state index contributed by atoms with van der Waals surface area (Å²) in [5, 5.41) is 2.91. The van der Waals surface area contributed by atoms with Crippen LogP contribution < -0.4 is 5.32 Å². The Morgan fingerprint density at radius 2 is 1.68 bits per heavy atom. The van der Waals surface area contributed by atoms with Gasteiger partial charge in [0.1, 0.15) is 0 Å². The maximum atomic E-state index is 12.0. The predicted octanol–water partition coefficient (Wildman–Crippen LogP) is 4.01. The van der Waals surface area contributed by atoms with Crippen molar-refractivity contribution in [3.63, 3.8) is 0 Å². The van der Waals surface area contributed by atoms with E-state index in [9.17, 15) is 9.59 Å². The van der Waals surface area contributed by atoms with E-state index in [4.69, 9.17) is 0 Å². The molecule has 2 aromatic carbocycles. The van der Waals surface area contributed by atoms with Crippen molar-refractivity contribution >= 4 is 29.1 Å². The molecule has 2 aromatic rings. The number of benzene rings is 2. The molecule has 4 heteroatoms. The summed E-state index contributed by atoms with van der Waals surface area (Å²) in [6.45, 7) is 0. The zero-order chi connectivity index (χ0) is 15.4. The highest BCUT2D eigenvalue weighted by Gasteiger charge is 2.29. The lowest BCUT2D eigenvalue weighted by atomic mass is 10.2. The third-order valence-corrected chi connectivity index (χ3v) is 4.55. The van der Waals surface area contributed by atoms with Gasteiger partial charge in [0.05, 0.1) is 5.75 Å². The molecule has 0 aliphatic heterocycles. The van der Waals surface area contributed by atoms with E-state index >= 15 is 0 Å². The fourth-order valence-corrected chi connectivity index (χ4v) is 2.87. The summed E-state index contributed by atoms with van der Waals surface area (Å²) in [5.41, 5.74) is 1.55. The molecular formula is C18H17NO2S. The molecule has 0 aromatic heterocycles. The molecule has 0 atom stereocenters. The minimum atomic E-state index is 0.111. The number of carbonyl (C=O) groups excluding carboxylic acids is 2. The number of nitrogens with one attached hydrogen (secondary N) is 1. The number of carbonyl (C=O) groups is 2. The normalized spacial score (nSPS) is 13.6. The summed E-state index contributed by atoms with van der Waals surface area (Å²) < 4.78 is 0. The monoisotopic (exact) mass is 311 g/mol. The van der Waals surface area contributed by atoms with Gasteiger partial charge in [-0.3, -0.25) is 9.59 Å². The second-order valence-corrected chi connectivity index (χ2v) is 6.41. The van der Waals surface area contributed by atoms with Crippen LogP contribution in [0.15, 0.2) is 59.5 Å². The van der Waals surface area contributed by atoms with Crippen LogP contribution >= 0.6 is 11.8 Å². The highest BCUT2D eigenvalue weighted by molar-refractivity contribution is 8.00. The number of amides is 1. The van der Waals surface area contributed by atoms with Crippen molar-refractivity contribution in [1.29, 1.82) is 0 Å². The minimum Gasteiger partial charge on any atom is -0.326 e. The van der Waals surface area contributed by atoms with Gasteiger partial charge in [0, 0.05) is 22.1 Å². The van der Waals surface area contributed by atoms with Crippen LogP contribution in [0.2, 0.25) is 0 Å². The van der Waals surface area contributed by atoms with Crippen molar-refractivity contribution in [2.24, 2.45) is 5.92 Å². The Labute approximate surface area is 134 Å². The van der Waals surface area contributed by atoms with E-state index in [1.165, 1.54) is 11.8 Å². The Hall–Kier alpha value is -2.07. The highest BCUT2D eigenvalue weighted by atomic mass is 32.2. The van der Waals surface area contributed by atoms with E-state index in [-0.39, 0.29) is 17.6 Å². The smallest absolute Gasteiger partial charge is 0.227 e. The van der Waals surface area contributed by atoms with Gasteiger partial charge < -0.3 is 5.32 Å². The van der Waals surface area contributed by atoms with E-state index in [2.05, 4.69) is 5.32 Å². The largest absolute Gasteiger partial charge is 0.326 e. The molecule has 1 aliphatic rings. The quantitative estimate of drug-likeness (QED) is 0.647. The Kier molecular flexibility index (Phi) is 4.59. The standard InChI is InChI=1S/C18H17NO2S/c20-17(13-4-2-1-3-5-13)12-22-16-10-8-15(9-11-16)19-18(21)14-6-7-14/h1-5,8-11,14H,6-7,12H2,(H,19,21). The molecule has 0 unspecified atom stereocenters. The molecule has 3 nitrogen and oxygen atoms in total. The van der Waals surface area contributed by atoms with E-state index < -0.39 is 0 Å². The maximum absolute atomic E-state index is 12.0. The Morgan fingerprint density at radius 3 is 2.32 bits per heavy atom. The van der Waals surface area contributed by atoms with Crippen LogP contribution in [0.1, 0.15) is 23.2 Å². The van der Waals surface area contributed by atoms with Gasteiger partial charge in [0.2, 0.25) is 5.91 Å². The van der Waals surface area contributed by atoms with Crippen molar-refractivity contribution in [2.75, 3.05) is 11.1 Å². The van der Waals surface area contributed by atoms with Gasteiger partial charge in [-0.05, 0) is 37.1 Å². The lowest BCUT2D eigenvalue weighted by Crippen LogP contribution is -2.12. The number of ketones is 1. The molecule has 112 valence electrons. The van der Waals surface area contributed by atoms with E-state index in [1.54, 1.807) is 0 Å². The molecule has 1 saturated carbocycles. The summed E-state index contributed by atoms with van der Waals surface area (Å²) in [6.07, 6.45) is 2.00. The van der Waals surface area contributed by atoms with E-state index in [0.717, 1.165) is 29.0 Å². The van der Waals surface area contributed by atoms with Crippen molar-refractivity contribution in [3.05, 3.63) is 60.2 Å². The van der Waals surface area contributed by atoms with Gasteiger partial charge in [-0.25, -0.2) is 0 Å². The fourth-order valence-electron chi connectivity index (χ4n) is 2.08. The highest BCUT2D eigenvalue weighted by Crippen LogP contribution is 2.30.